The molecular formula is C18H19NOS. The lowest BCUT2D eigenvalue weighted by atomic mass is 10.0. The van der Waals surface area contributed by atoms with Gasteiger partial charge in [-0.1, -0.05) is 36.4 Å². The molecule has 1 N–H and O–H groups in total. The highest BCUT2D eigenvalue weighted by Crippen LogP contribution is 2.34. The van der Waals surface area contributed by atoms with Gasteiger partial charge in [-0.05, 0) is 41.7 Å². The number of fused-ring (bicyclic) bond motifs is 1. The minimum Gasteiger partial charge on any atom is -0.488 e. The third-order valence-corrected chi connectivity index (χ3v) is 4.50. The molecule has 3 rings (SSSR count). The van der Waals surface area contributed by atoms with E-state index in [1.165, 1.54) is 21.9 Å². The Morgan fingerprint density at radius 1 is 1.14 bits per heavy atom. The first-order valence-corrected chi connectivity index (χ1v) is 8.06. The van der Waals surface area contributed by atoms with Crippen LogP contribution in [0.1, 0.15) is 24.1 Å². The van der Waals surface area contributed by atoms with Gasteiger partial charge in [-0.3, -0.25) is 0 Å². The lowest BCUT2D eigenvalue weighted by molar-refractivity contribution is 0.305. The van der Waals surface area contributed by atoms with Crippen molar-refractivity contribution in [2.45, 2.75) is 19.6 Å². The van der Waals surface area contributed by atoms with Crippen LogP contribution in [-0.4, -0.2) is 7.05 Å². The van der Waals surface area contributed by atoms with Crippen molar-refractivity contribution in [3.63, 3.8) is 0 Å². The number of benzene rings is 2. The summed E-state index contributed by atoms with van der Waals surface area (Å²) in [5.74, 6) is 0.987. The molecule has 0 saturated carbocycles. The Hall–Kier alpha value is -1.84. The number of nitrogens with one attached hydrogen (secondary N) is 1. The van der Waals surface area contributed by atoms with Gasteiger partial charge in [0, 0.05) is 17.0 Å². The summed E-state index contributed by atoms with van der Waals surface area (Å²) in [6, 6.07) is 15.1. The van der Waals surface area contributed by atoms with Crippen molar-refractivity contribution in [1.82, 2.24) is 5.32 Å². The topological polar surface area (TPSA) is 21.3 Å². The van der Waals surface area contributed by atoms with E-state index in [2.05, 4.69) is 65.5 Å². The third-order valence-electron chi connectivity index (χ3n) is 3.77. The van der Waals surface area contributed by atoms with Crippen LogP contribution in [0.15, 0.2) is 53.2 Å². The first-order chi connectivity index (χ1) is 10.3. The van der Waals surface area contributed by atoms with Crippen LogP contribution in [0.25, 0.3) is 10.8 Å². The van der Waals surface area contributed by atoms with Gasteiger partial charge in [0.05, 0.1) is 0 Å². The third kappa shape index (κ3) is 2.94. The molecule has 2 nitrogen and oxygen atoms in total. The molecule has 1 unspecified atom stereocenters. The Morgan fingerprint density at radius 3 is 2.76 bits per heavy atom. The second-order valence-electron chi connectivity index (χ2n) is 5.14. The van der Waals surface area contributed by atoms with Crippen molar-refractivity contribution in [2.75, 3.05) is 7.05 Å². The molecule has 0 bridgehead atoms. The molecule has 1 aromatic heterocycles. The number of hydrogen-bond acceptors (Lipinski definition) is 3. The summed E-state index contributed by atoms with van der Waals surface area (Å²) in [6.45, 7) is 2.77. The molecule has 21 heavy (non-hydrogen) atoms. The molecule has 0 fully saturated rings. The van der Waals surface area contributed by atoms with E-state index >= 15 is 0 Å². The summed E-state index contributed by atoms with van der Waals surface area (Å²) in [5.41, 5.74) is 2.42. The molecule has 0 saturated heterocycles. The van der Waals surface area contributed by atoms with Gasteiger partial charge in [0.25, 0.3) is 0 Å². The number of thiophene rings is 1. The zero-order valence-electron chi connectivity index (χ0n) is 12.3. The average molecular weight is 297 g/mol. The fraction of sp³-hybridized carbons (Fsp3) is 0.222. The van der Waals surface area contributed by atoms with Crippen molar-refractivity contribution in [2.24, 2.45) is 0 Å². The van der Waals surface area contributed by atoms with Crippen LogP contribution in [0.3, 0.4) is 0 Å². The second-order valence-corrected chi connectivity index (χ2v) is 5.92. The molecule has 0 aliphatic heterocycles. The lowest BCUT2D eigenvalue weighted by Crippen LogP contribution is -2.14. The summed E-state index contributed by atoms with van der Waals surface area (Å²) in [4.78, 5) is 0. The zero-order valence-corrected chi connectivity index (χ0v) is 13.1. The van der Waals surface area contributed by atoms with Crippen LogP contribution < -0.4 is 10.1 Å². The summed E-state index contributed by atoms with van der Waals surface area (Å²) >= 11 is 1.70. The summed E-state index contributed by atoms with van der Waals surface area (Å²) < 4.78 is 6.18. The van der Waals surface area contributed by atoms with Gasteiger partial charge in [-0.25, -0.2) is 0 Å². The van der Waals surface area contributed by atoms with Crippen molar-refractivity contribution in [3.8, 4) is 5.75 Å². The lowest BCUT2D eigenvalue weighted by Gasteiger charge is -2.18. The Kier molecular flexibility index (Phi) is 4.23. The van der Waals surface area contributed by atoms with Gasteiger partial charge in [0.15, 0.2) is 0 Å². The van der Waals surface area contributed by atoms with Crippen molar-refractivity contribution < 1.29 is 4.74 Å². The molecule has 0 aliphatic rings. The second kappa shape index (κ2) is 6.29. The minimum atomic E-state index is 0.257. The van der Waals surface area contributed by atoms with E-state index in [4.69, 9.17) is 4.74 Å². The first-order valence-electron chi connectivity index (χ1n) is 7.12. The molecule has 0 aliphatic carbocycles. The van der Waals surface area contributed by atoms with E-state index < -0.39 is 0 Å². The predicted octanol–water partition coefficient (Wildman–Crippen LogP) is 4.76. The largest absolute Gasteiger partial charge is 0.488 e. The van der Waals surface area contributed by atoms with Crippen LogP contribution in [0, 0.1) is 0 Å². The Bertz CT molecular complexity index is 721. The average Bonchev–Trinajstić information content (AvgIpc) is 3.05. The molecule has 2 aromatic carbocycles. The highest BCUT2D eigenvalue weighted by atomic mass is 32.1. The summed E-state index contributed by atoms with van der Waals surface area (Å²) in [7, 11) is 1.97. The van der Waals surface area contributed by atoms with Crippen molar-refractivity contribution in [1.29, 1.82) is 0 Å². The normalized spacial score (nSPS) is 12.5. The first kappa shape index (κ1) is 14.1. The van der Waals surface area contributed by atoms with Gasteiger partial charge < -0.3 is 10.1 Å². The van der Waals surface area contributed by atoms with Gasteiger partial charge >= 0.3 is 0 Å². The van der Waals surface area contributed by atoms with Crippen molar-refractivity contribution in [3.05, 3.63) is 64.4 Å². The standard InChI is InChI=1S/C18H19NOS/c1-13(19-2)16-8-7-15-5-3-4-6-17(15)18(16)20-11-14-9-10-21-12-14/h3-10,12-13,19H,11H2,1-2H3. The van der Waals surface area contributed by atoms with Crippen LogP contribution in [0.5, 0.6) is 5.75 Å². The van der Waals surface area contributed by atoms with E-state index in [0.717, 1.165) is 5.75 Å². The molecule has 108 valence electrons. The number of hydrogen-bond donors (Lipinski definition) is 1. The molecule has 3 heteroatoms. The van der Waals surface area contributed by atoms with Gasteiger partial charge in [0.1, 0.15) is 12.4 Å². The smallest absolute Gasteiger partial charge is 0.132 e. The Labute approximate surface area is 129 Å². The van der Waals surface area contributed by atoms with E-state index in [0.29, 0.717) is 6.61 Å². The fourth-order valence-electron chi connectivity index (χ4n) is 2.45. The maximum atomic E-state index is 6.18. The van der Waals surface area contributed by atoms with E-state index in [9.17, 15) is 0 Å². The molecule has 1 atom stereocenters. The number of rotatable bonds is 5. The van der Waals surface area contributed by atoms with Gasteiger partial charge in [-0.2, -0.15) is 11.3 Å². The number of ether oxygens (including phenoxy) is 1. The van der Waals surface area contributed by atoms with Crippen LogP contribution in [0.2, 0.25) is 0 Å². The maximum absolute atomic E-state index is 6.18. The SMILES string of the molecule is CNC(C)c1ccc2ccccc2c1OCc1ccsc1. The molecule has 1 heterocycles. The summed E-state index contributed by atoms with van der Waals surface area (Å²) in [5, 5.41) is 9.90. The Morgan fingerprint density at radius 2 is 2.00 bits per heavy atom. The van der Waals surface area contributed by atoms with E-state index in [1.54, 1.807) is 11.3 Å². The molecule has 3 aromatic rings. The quantitative estimate of drug-likeness (QED) is 0.733. The van der Waals surface area contributed by atoms with Gasteiger partial charge in [0.2, 0.25) is 0 Å². The predicted molar refractivity (Wildman–Crippen MR) is 90.1 cm³/mol. The molecular weight excluding hydrogens is 278 g/mol. The molecule has 0 spiro atoms. The molecule has 0 amide bonds. The van der Waals surface area contributed by atoms with E-state index in [1.807, 2.05) is 7.05 Å². The van der Waals surface area contributed by atoms with Gasteiger partial charge in [-0.15, -0.1) is 0 Å². The summed E-state index contributed by atoms with van der Waals surface area (Å²) in [6.07, 6.45) is 0. The Balaban J connectivity index is 2.02. The van der Waals surface area contributed by atoms with Crippen molar-refractivity contribution >= 4 is 22.1 Å². The van der Waals surface area contributed by atoms with Crippen LogP contribution >= 0.6 is 11.3 Å². The zero-order chi connectivity index (χ0) is 14.7. The highest BCUT2D eigenvalue weighted by molar-refractivity contribution is 7.07. The fourth-order valence-corrected chi connectivity index (χ4v) is 3.10. The molecule has 0 radical (unpaired) electrons. The van der Waals surface area contributed by atoms with Crippen LogP contribution in [-0.2, 0) is 6.61 Å². The van der Waals surface area contributed by atoms with Crippen LogP contribution in [0.4, 0.5) is 0 Å². The monoisotopic (exact) mass is 297 g/mol. The minimum absolute atomic E-state index is 0.257. The maximum Gasteiger partial charge on any atom is 0.132 e. The highest BCUT2D eigenvalue weighted by Gasteiger charge is 2.13. The van der Waals surface area contributed by atoms with E-state index in [-0.39, 0.29) is 6.04 Å².